The molecule has 0 radical (unpaired) electrons. The zero-order valence-corrected chi connectivity index (χ0v) is 9.96. The van der Waals surface area contributed by atoms with E-state index < -0.39 is 11.9 Å². The smallest absolute Gasteiger partial charge is 0.406 e. The molecule has 1 fully saturated rings. The van der Waals surface area contributed by atoms with Crippen molar-refractivity contribution in [3.05, 3.63) is 24.3 Å². The third kappa shape index (κ3) is 3.37. The Morgan fingerprint density at radius 3 is 2.26 bits per heavy atom. The molecule has 1 aliphatic carbocycles. The van der Waals surface area contributed by atoms with E-state index in [9.17, 15) is 18.0 Å². The number of amides is 1. The molecule has 1 aromatic rings. The van der Waals surface area contributed by atoms with E-state index >= 15 is 0 Å². The van der Waals surface area contributed by atoms with E-state index in [1.807, 2.05) is 0 Å². The summed E-state index contributed by atoms with van der Waals surface area (Å²) in [6, 6.07) is 4.93. The van der Waals surface area contributed by atoms with Gasteiger partial charge in [-0.3, -0.25) is 4.79 Å². The van der Waals surface area contributed by atoms with Gasteiger partial charge in [0, 0.05) is 5.69 Å². The summed E-state index contributed by atoms with van der Waals surface area (Å²) in [6.45, 7) is 0. The molecule has 0 heterocycles. The summed E-state index contributed by atoms with van der Waals surface area (Å²) in [5.41, 5.74) is 5.36. The average Bonchev–Trinajstić information content (AvgIpc) is 2.26. The highest BCUT2D eigenvalue weighted by molar-refractivity contribution is 5.98. The highest BCUT2D eigenvalue weighted by Crippen LogP contribution is 2.30. The predicted molar refractivity (Wildman–Crippen MR) is 62.5 cm³/mol. The maximum atomic E-state index is 12.0. The Labute approximate surface area is 107 Å². The zero-order chi connectivity index (χ0) is 14.1. The molecule has 104 valence electrons. The number of rotatable bonds is 3. The second kappa shape index (κ2) is 4.73. The first-order chi connectivity index (χ1) is 8.78. The summed E-state index contributed by atoms with van der Waals surface area (Å²) in [4.78, 5) is 11.8. The minimum Gasteiger partial charge on any atom is -0.406 e. The van der Waals surface area contributed by atoms with Crippen LogP contribution in [0, 0.1) is 0 Å². The van der Waals surface area contributed by atoms with Crippen molar-refractivity contribution in [1.29, 1.82) is 0 Å². The number of nitrogens with two attached hydrogens (primary N) is 1. The average molecular weight is 274 g/mol. The first-order valence-electron chi connectivity index (χ1n) is 5.75. The van der Waals surface area contributed by atoms with Gasteiger partial charge in [-0.15, -0.1) is 13.2 Å². The zero-order valence-electron chi connectivity index (χ0n) is 9.96. The van der Waals surface area contributed by atoms with E-state index in [-0.39, 0.29) is 11.7 Å². The molecule has 4 nitrogen and oxygen atoms in total. The molecule has 1 saturated carbocycles. The van der Waals surface area contributed by atoms with Gasteiger partial charge in [0.2, 0.25) is 5.91 Å². The summed E-state index contributed by atoms with van der Waals surface area (Å²) < 4.78 is 39.6. The van der Waals surface area contributed by atoms with Gasteiger partial charge in [0.05, 0.1) is 5.54 Å². The van der Waals surface area contributed by atoms with Crippen LogP contribution in [-0.4, -0.2) is 17.8 Å². The molecule has 1 aliphatic rings. The van der Waals surface area contributed by atoms with Crippen LogP contribution in [-0.2, 0) is 4.79 Å². The maximum Gasteiger partial charge on any atom is 0.573 e. The fraction of sp³-hybridized carbons (Fsp3) is 0.417. The molecule has 0 unspecified atom stereocenters. The third-order valence-electron chi connectivity index (χ3n) is 3.04. The van der Waals surface area contributed by atoms with Gasteiger partial charge in [-0.1, -0.05) is 0 Å². The molecule has 0 atom stereocenters. The molecule has 0 saturated heterocycles. The first-order valence-corrected chi connectivity index (χ1v) is 5.75. The Balaban J connectivity index is 1.97. The maximum absolute atomic E-state index is 12.0. The molecule has 1 aromatic carbocycles. The second-order valence-electron chi connectivity index (χ2n) is 4.54. The minimum atomic E-state index is -4.72. The lowest BCUT2D eigenvalue weighted by molar-refractivity contribution is -0.274. The number of ether oxygens (including phenoxy) is 1. The number of halogens is 3. The van der Waals surface area contributed by atoms with Crippen molar-refractivity contribution >= 4 is 11.6 Å². The Bertz CT molecular complexity index is 467. The number of hydrogen-bond acceptors (Lipinski definition) is 3. The lowest BCUT2D eigenvalue weighted by Gasteiger charge is -2.36. The van der Waals surface area contributed by atoms with E-state index in [2.05, 4.69) is 10.1 Å². The minimum absolute atomic E-state index is 0.316. The second-order valence-corrected chi connectivity index (χ2v) is 4.54. The van der Waals surface area contributed by atoms with Crippen molar-refractivity contribution in [1.82, 2.24) is 0 Å². The van der Waals surface area contributed by atoms with Crippen molar-refractivity contribution in [2.75, 3.05) is 5.32 Å². The topological polar surface area (TPSA) is 64.4 Å². The van der Waals surface area contributed by atoms with Crippen molar-refractivity contribution in [3.8, 4) is 5.75 Å². The Morgan fingerprint density at radius 1 is 1.26 bits per heavy atom. The fourth-order valence-corrected chi connectivity index (χ4v) is 1.78. The van der Waals surface area contributed by atoms with E-state index in [1.165, 1.54) is 12.1 Å². The van der Waals surface area contributed by atoms with Crippen LogP contribution in [0.5, 0.6) is 5.75 Å². The number of carbonyl (C=O) groups excluding carboxylic acids is 1. The standard InChI is InChI=1S/C12H13F3N2O2/c13-12(14,15)19-9-4-2-8(3-5-9)17-10(18)11(16)6-1-7-11/h2-5H,1,6-7,16H2,(H,17,18). The van der Waals surface area contributed by atoms with Gasteiger partial charge in [-0.05, 0) is 43.5 Å². The summed E-state index contributed by atoms with van der Waals surface area (Å²) in [6.07, 6.45) is -2.58. The molecule has 0 aromatic heterocycles. The van der Waals surface area contributed by atoms with Gasteiger partial charge in [-0.2, -0.15) is 0 Å². The van der Waals surface area contributed by atoms with Crippen LogP contribution in [0.3, 0.4) is 0 Å². The number of benzene rings is 1. The Hall–Kier alpha value is -1.76. The molecule has 19 heavy (non-hydrogen) atoms. The van der Waals surface area contributed by atoms with E-state index in [1.54, 1.807) is 0 Å². The van der Waals surface area contributed by atoms with Gasteiger partial charge < -0.3 is 15.8 Å². The van der Waals surface area contributed by atoms with Crippen molar-refractivity contribution in [2.24, 2.45) is 5.73 Å². The van der Waals surface area contributed by atoms with Crippen LogP contribution < -0.4 is 15.8 Å². The molecule has 1 amide bonds. The number of alkyl halides is 3. The molecule has 7 heteroatoms. The van der Waals surface area contributed by atoms with Crippen LogP contribution in [0.25, 0.3) is 0 Å². The summed E-state index contributed by atoms with van der Waals surface area (Å²) in [5.74, 6) is -0.653. The molecule has 0 bridgehead atoms. The summed E-state index contributed by atoms with van der Waals surface area (Å²) in [5, 5.41) is 2.57. The fourth-order valence-electron chi connectivity index (χ4n) is 1.78. The van der Waals surface area contributed by atoms with Crippen LogP contribution in [0.1, 0.15) is 19.3 Å². The van der Waals surface area contributed by atoms with Gasteiger partial charge in [0.15, 0.2) is 0 Å². The van der Waals surface area contributed by atoms with E-state index in [4.69, 9.17) is 5.73 Å². The quantitative estimate of drug-likeness (QED) is 0.889. The number of anilines is 1. The van der Waals surface area contributed by atoms with Crippen molar-refractivity contribution in [3.63, 3.8) is 0 Å². The van der Waals surface area contributed by atoms with Gasteiger partial charge in [0.25, 0.3) is 0 Å². The monoisotopic (exact) mass is 274 g/mol. The third-order valence-corrected chi connectivity index (χ3v) is 3.04. The van der Waals surface area contributed by atoms with Crippen LogP contribution in [0.4, 0.5) is 18.9 Å². The van der Waals surface area contributed by atoms with Gasteiger partial charge >= 0.3 is 6.36 Å². The Morgan fingerprint density at radius 2 is 1.84 bits per heavy atom. The van der Waals surface area contributed by atoms with Gasteiger partial charge in [-0.25, -0.2) is 0 Å². The number of hydrogen-bond donors (Lipinski definition) is 2. The molecule has 0 aliphatic heterocycles. The molecular formula is C12H13F3N2O2. The van der Waals surface area contributed by atoms with Crippen LogP contribution in [0.15, 0.2) is 24.3 Å². The number of nitrogens with one attached hydrogen (secondary N) is 1. The summed E-state index contributed by atoms with van der Waals surface area (Å²) in [7, 11) is 0. The van der Waals surface area contributed by atoms with Crippen LogP contribution in [0.2, 0.25) is 0 Å². The van der Waals surface area contributed by atoms with Gasteiger partial charge in [0.1, 0.15) is 5.75 Å². The SMILES string of the molecule is NC1(C(=O)Nc2ccc(OC(F)(F)F)cc2)CCC1. The van der Waals surface area contributed by atoms with Crippen molar-refractivity contribution < 1.29 is 22.7 Å². The van der Waals surface area contributed by atoms with Crippen molar-refractivity contribution in [2.45, 2.75) is 31.2 Å². The molecule has 0 spiro atoms. The highest BCUT2D eigenvalue weighted by atomic mass is 19.4. The Kier molecular flexibility index (Phi) is 3.40. The predicted octanol–water partition coefficient (Wildman–Crippen LogP) is 2.41. The lowest BCUT2D eigenvalue weighted by atomic mass is 9.77. The normalized spacial score (nSPS) is 17.5. The van der Waals surface area contributed by atoms with Crippen LogP contribution >= 0.6 is 0 Å². The molecule has 2 rings (SSSR count). The summed E-state index contributed by atoms with van der Waals surface area (Å²) >= 11 is 0. The lowest BCUT2D eigenvalue weighted by Crippen LogP contribution is -2.56. The van der Waals surface area contributed by atoms with E-state index in [0.717, 1.165) is 18.6 Å². The first kappa shape index (κ1) is 13.7. The highest BCUT2D eigenvalue weighted by Gasteiger charge is 2.40. The number of carbonyl (C=O) groups is 1. The van der Waals surface area contributed by atoms with E-state index in [0.29, 0.717) is 18.5 Å². The molecule has 3 N–H and O–H groups in total. The largest absolute Gasteiger partial charge is 0.573 e. The molecular weight excluding hydrogens is 261 g/mol.